The highest BCUT2D eigenvalue weighted by Crippen LogP contribution is 2.21. The molecule has 1 amide bonds. The van der Waals surface area contributed by atoms with Gasteiger partial charge < -0.3 is 9.47 Å². The van der Waals surface area contributed by atoms with Crippen LogP contribution in [0.5, 0.6) is 0 Å². The fraction of sp³-hybridized carbons (Fsp3) is 0.364. The predicted molar refractivity (Wildman–Crippen MR) is 125 cm³/mol. The SMILES string of the molecule is CCN(CC)CCn1c(NC(=O)Cc2ccccc2NS(C)(=O)=O)nc2ccccc21. The van der Waals surface area contributed by atoms with Crippen molar-refractivity contribution in [3.63, 3.8) is 0 Å². The predicted octanol–water partition coefficient (Wildman–Crippen LogP) is 2.93. The number of amides is 1. The molecule has 0 unspecified atom stereocenters. The van der Waals surface area contributed by atoms with Crippen LogP contribution in [0.25, 0.3) is 11.0 Å². The van der Waals surface area contributed by atoms with Gasteiger partial charge in [0, 0.05) is 13.1 Å². The molecule has 0 radical (unpaired) electrons. The maximum absolute atomic E-state index is 12.8. The largest absolute Gasteiger partial charge is 0.309 e. The van der Waals surface area contributed by atoms with Crippen LogP contribution >= 0.6 is 0 Å². The second-order valence-electron chi connectivity index (χ2n) is 7.36. The number of carbonyl (C=O) groups is 1. The Labute approximate surface area is 183 Å². The first-order chi connectivity index (χ1) is 14.8. The van der Waals surface area contributed by atoms with Crippen LogP contribution in [0.2, 0.25) is 0 Å². The van der Waals surface area contributed by atoms with E-state index in [1.807, 2.05) is 28.8 Å². The first-order valence-corrected chi connectivity index (χ1v) is 12.2. The molecular weight excluding hydrogens is 414 g/mol. The Morgan fingerprint density at radius 1 is 1.06 bits per heavy atom. The summed E-state index contributed by atoms with van der Waals surface area (Å²) in [4.78, 5) is 19.7. The van der Waals surface area contributed by atoms with Crippen LogP contribution in [0.3, 0.4) is 0 Å². The maximum Gasteiger partial charge on any atom is 0.231 e. The van der Waals surface area contributed by atoms with Gasteiger partial charge in [0.05, 0.1) is 29.4 Å². The van der Waals surface area contributed by atoms with Gasteiger partial charge in [0.25, 0.3) is 0 Å². The van der Waals surface area contributed by atoms with E-state index in [-0.39, 0.29) is 12.3 Å². The molecule has 31 heavy (non-hydrogen) atoms. The van der Waals surface area contributed by atoms with Crippen molar-refractivity contribution in [2.24, 2.45) is 0 Å². The number of fused-ring (bicyclic) bond motifs is 1. The number of likely N-dealkylation sites (N-methyl/N-ethyl adjacent to an activating group) is 1. The molecule has 0 bridgehead atoms. The summed E-state index contributed by atoms with van der Waals surface area (Å²) in [5.41, 5.74) is 2.77. The highest BCUT2D eigenvalue weighted by Gasteiger charge is 2.16. The molecular formula is C22H29N5O3S. The molecule has 9 heteroatoms. The number of hydrogen-bond acceptors (Lipinski definition) is 5. The zero-order valence-corrected chi connectivity index (χ0v) is 18.9. The molecule has 0 saturated heterocycles. The average Bonchev–Trinajstić information content (AvgIpc) is 3.06. The lowest BCUT2D eigenvalue weighted by atomic mass is 10.1. The minimum atomic E-state index is -3.44. The number of rotatable bonds is 10. The summed E-state index contributed by atoms with van der Waals surface area (Å²) >= 11 is 0. The van der Waals surface area contributed by atoms with Gasteiger partial charge in [-0.2, -0.15) is 0 Å². The molecule has 0 aliphatic rings. The van der Waals surface area contributed by atoms with Crippen LogP contribution in [0, 0.1) is 0 Å². The molecule has 0 fully saturated rings. The number of aromatic nitrogens is 2. The molecule has 1 heterocycles. The summed E-state index contributed by atoms with van der Waals surface area (Å²) in [5.74, 6) is 0.231. The Morgan fingerprint density at radius 2 is 1.74 bits per heavy atom. The minimum Gasteiger partial charge on any atom is -0.309 e. The van der Waals surface area contributed by atoms with E-state index < -0.39 is 10.0 Å². The normalized spacial score (nSPS) is 11.7. The summed E-state index contributed by atoms with van der Waals surface area (Å²) in [6, 6.07) is 14.7. The lowest BCUT2D eigenvalue weighted by Gasteiger charge is -2.19. The molecule has 3 rings (SSSR count). The number of benzene rings is 2. The van der Waals surface area contributed by atoms with Gasteiger partial charge >= 0.3 is 0 Å². The highest BCUT2D eigenvalue weighted by molar-refractivity contribution is 7.92. The number of imidazole rings is 1. The van der Waals surface area contributed by atoms with Crippen molar-refractivity contribution in [3.8, 4) is 0 Å². The third-order valence-electron chi connectivity index (χ3n) is 5.10. The summed E-state index contributed by atoms with van der Waals surface area (Å²) < 4.78 is 27.7. The van der Waals surface area contributed by atoms with Gasteiger partial charge in [-0.15, -0.1) is 0 Å². The summed E-state index contributed by atoms with van der Waals surface area (Å²) in [7, 11) is -3.44. The lowest BCUT2D eigenvalue weighted by molar-refractivity contribution is -0.115. The molecule has 0 aliphatic carbocycles. The fourth-order valence-corrected chi connectivity index (χ4v) is 4.09. The highest BCUT2D eigenvalue weighted by atomic mass is 32.2. The van der Waals surface area contributed by atoms with Gasteiger partial charge in [-0.3, -0.25) is 14.8 Å². The number of anilines is 2. The van der Waals surface area contributed by atoms with Crippen molar-refractivity contribution >= 4 is 38.6 Å². The molecule has 3 aromatic rings. The van der Waals surface area contributed by atoms with Crippen LogP contribution in [0.15, 0.2) is 48.5 Å². The van der Waals surface area contributed by atoms with Gasteiger partial charge in [0.15, 0.2) is 0 Å². The van der Waals surface area contributed by atoms with Crippen molar-refractivity contribution in [3.05, 3.63) is 54.1 Å². The standard InChI is InChI=1S/C22H29N5O3S/c1-4-26(5-2)14-15-27-20-13-9-8-12-19(20)23-22(27)24-21(28)16-17-10-6-7-11-18(17)25-31(3,29)30/h6-13,25H,4-5,14-16H2,1-3H3,(H,23,24,28). The van der Waals surface area contributed by atoms with E-state index in [9.17, 15) is 13.2 Å². The average molecular weight is 444 g/mol. The van der Waals surface area contributed by atoms with Crippen molar-refractivity contribution in [1.82, 2.24) is 14.5 Å². The van der Waals surface area contributed by atoms with Crippen LogP contribution < -0.4 is 10.0 Å². The molecule has 0 saturated carbocycles. The zero-order valence-electron chi connectivity index (χ0n) is 18.1. The summed E-state index contributed by atoms with van der Waals surface area (Å²) in [6.07, 6.45) is 1.11. The molecule has 0 atom stereocenters. The van der Waals surface area contributed by atoms with Gasteiger partial charge in [0.2, 0.25) is 21.9 Å². The van der Waals surface area contributed by atoms with E-state index in [0.29, 0.717) is 23.7 Å². The van der Waals surface area contributed by atoms with E-state index in [1.54, 1.807) is 24.3 Å². The van der Waals surface area contributed by atoms with E-state index in [1.165, 1.54) is 0 Å². The Balaban J connectivity index is 1.82. The Bertz CT molecular complexity index is 1150. The van der Waals surface area contributed by atoms with E-state index in [2.05, 4.69) is 33.8 Å². The maximum atomic E-state index is 12.8. The molecule has 1 aromatic heterocycles. The Kier molecular flexibility index (Phi) is 7.29. The quantitative estimate of drug-likeness (QED) is 0.502. The Morgan fingerprint density at radius 3 is 2.45 bits per heavy atom. The van der Waals surface area contributed by atoms with Gasteiger partial charge in [-0.05, 0) is 36.9 Å². The van der Waals surface area contributed by atoms with Gasteiger partial charge in [0.1, 0.15) is 0 Å². The van der Waals surface area contributed by atoms with Crippen LogP contribution in [-0.4, -0.2) is 54.7 Å². The molecule has 2 aromatic carbocycles. The smallest absolute Gasteiger partial charge is 0.231 e. The monoisotopic (exact) mass is 443 g/mol. The van der Waals surface area contributed by atoms with Crippen molar-refractivity contribution < 1.29 is 13.2 Å². The van der Waals surface area contributed by atoms with Crippen LogP contribution in [0.4, 0.5) is 11.6 Å². The first-order valence-electron chi connectivity index (χ1n) is 10.3. The second kappa shape index (κ2) is 9.93. The molecule has 0 spiro atoms. The minimum absolute atomic E-state index is 0.0257. The van der Waals surface area contributed by atoms with Crippen molar-refractivity contribution in [2.75, 3.05) is 35.9 Å². The first kappa shape index (κ1) is 22.8. The number of hydrogen-bond donors (Lipinski definition) is 2. The topological polar surface area (TPSA) is 96.3 Å². The van der Waals surface area contributed by atoms with Crippen molar-refractivity contribution in [1.29, 1.82) is 0 Å². The molecule has 166 valence electrons. The number of carbonyl (C=O) groups excluding carboxylic acids is 1. The lowest BCUT2D eigenvalue weighted by Crippen LogP contribution is -2.28. The van der Waals surface area contributed by atoms with Crippen LogP contribution in [0.1, 0.15) is 19.4 Å². The number of nitrogens with zero attached hydrogens (tertiary/aromatic N) is 3. The molecule has 2 N–H and O–H groups in total. The van der Waals surface area contributed by atoms with Gasteiger partial charge in [-0.1, -0.05) is 44.2 Å². The number of para-hydroxylation sites is 3. The zero-order chi connectivity index (χ0) is 22.4. The van der Waals surface area contributed by atoms with E-state index in [0.717, 1.165) is 36.9 Å². The molecule has 8 nitrogen and oxygen atoms in total. The van der Waals surface area contributed by atoms with E-state index in [4.69, 9.17) is 0 Å². The van der Waals surface area contributed by atoms with Crippen LogP contribution in [-0.2, 0) is 27.8 Å². The summed E-state index contributed by atoms with van der Waals surface area (Å²) in [5, 5.41) is 2.92. The third kappa shape index (κ3) is 6.05. The van der Waals surface area contributed by atoms with E-state index >= 15 is 0 Å². The van der Waals surface area contributed by atoms with Crippen molar-refractivity contribution in [2.45, 2.75) is 26.8 Å². The summed E-state index contributed by atoms with van der Waals surface area (Å²) in [6.45, 7) is 7.70. The second-order valence-corrected chi connectivity index (χ2v) is 9.11. The number of nitrogens with one attached hydrogen (secondary N) is 2. The number of sulfonamides is 1. The third-order valence-corrected chi connectivity index (χ3v) is 5.69. The van der Waals surface area contributed by atoms with Gasteiger partial charge in [-0.25, -0.2) is 13.4 Å². The fourth-order valence-electron chi connectivity index (χ4n) is 3.49. The molecule has 0 aliphatic heterocycles. The Hall–Kier alpha value is -2.91.